The molecule has 58 heavy (non-hydrogen) atoms. The number of benzene rings is 10. The summed E-state index contributed by atoms with van der Waals surface area (Å²) in [5, 5.41) is 12.6. The fraction of sp³-hybridized carbons (Fsp3) is 0.143. The van der Waals surface area contributed by atoms with Gasteiger partial charge in [-0.1, -0.05) is 139 Å². The van der Waals surface area contributed by atoms with Gasteiger partial charge >= 0.3 is 0 Å². The summed E-state index contributed by atoms with van der Waals surface area (Å²) >= 11 is 0. The topological polar surface area (TPSA) is 18.5 Å². The lowest BCUT2D eigenvalue weighted by Gasteiger charge is -2.29. The van der Waals surface area contributed by atoms with Crippen molar-refractivity contribution in [3.8, 4) is 67.5 Å². The molecule has 10 aromatic carbocycles. The van der Waals surface area contributed by atoms with Crippen LogP contribution in [0.2, 0.25) is 0 Å². The molecule has 0 aromatic heterocycles. The van der Waals surface area contributed by atoms with Gasteiger partial charge in [-0.05, 0) is 147 Å². The predicted molar refractivity (Wildman–Crippen MR) is 244 cm³/mol. The molecule has 0 fully saturated rings. The van der Waals surface area contributed by atoms with E-state index in [1.54, 1.807) is 0 Å². The number of ether oxygens (including phenoxy) is 2. The van der Waals surface area contributed by atoms with Crippen LogP contribution >= 0.6 is 0 Å². The molecule has 0 N–H and O–H groups in total. The van der Waals surface area contributed by atoms with Crippen LogP contribution < -0.4 is 9.47 Å². The first-order chi connectivity index (χ1) is 28.0. The van der Waals surface area contributed by atoms with Gasteiger partial charge in [0.25, 0.3) is 0 Å². The second-order valence-electron chi connectivity index (χ2n) is 18.5. The highest BCUT2D eigenvalue weighted by molar-refractivity contribution is 6.29. The molecule has 0 bridgehead atoms. The Morgan fingerprint density at radius 1 is 0.310 bits per heavy atom. The highest BCUT2D eigenvalue weighted by Crippen LogP contribution is 2.53. The molecule has 2 nitrogen and oxygen atoms in total. The van der Waals surface area contributed by atoms with Crippen molar-refractivity contribution < 1.29 is 9.47 Å². The summed E-state index contributed by atoms with van der Waals surface area (Å²) in [6, 6.07) is 53.8. The lowest BCUT2D eigenvalue weighted by atomic mass is 9.75. The lowest BCUT2D eigenvalue weighted by Crippen LogP contribution is -2.14. The molecule has 0 aliphatic carbocycles. The summed E-state index contributed by atoms with van der Waals surface area (Å²) in [4.78, 5) is 0. The van der Waals surface area contributed by atoms with E-state index in [4.69, 9.17) is 9.47 Å². The van der Waals surface area contributed by atoms with Crippen LogP contribution in [0.3, 0.4) is 0 Å². The molecule has 2 heteroatoms. The van der Waals surface area contributed by atoms with E-state index in [1.165, 1.54) is 87.2 Å². The van der Waals surface area contributed by atoms with Crippen molar-refractivity contribution >= 4 is 53.9 Å². The van der Waals surface area contributed by atoms with Gasteiger partial charge in [-0.2, -0.15) is 0 Å². The van der Waals surface area contributed by atoms with Crippen molar-refractivity contribution in [2.75, 3.05) is 0 Å². The Labute approximate surface area is 338 Å². The van der Waals surface area contributed by atoms with E-state index >= 15 is 0 Å². The minimum atomic E-state index is -0.0962. The zero-order chi connectivity index (χ0) is 39.2. The molecular formula is C56H42O2. The van der Waals surface area contributed by atoms with E-state index in [2.05, 4.69) is 187 Å². The fourth-order valence-electron chi connectivity index (χ4n) is 10.2. The summed E-state index contributed by atoms with van der Waals surface area (Å²) < 4.78 is 13.4. The highest BCUT2D eigenvalue weighted by Gasteiger charge is 2.28. The molecule has 0 radical (unpaired) electrons. The fourth-order valence-corrected chi connectivity index (χ4v) is 10.2. The third kappa shape index (κ3) is 4.66. The smallest absolute Gasteiger partial charge is 0.135 e. The number of hydrogen-bond acceptors (Lipinski definition) is 2. The lowest BCUT2D eigenvalue weighted by molar-refractivity contribution is 0.487. The van der Waals surface area contributed by atoms with E-state index in [9.17, 15) is 0 Å². The van der Waals surface area contributed by atoms with E-state index in [0.29, 0.717) is 0 Å². The first-order valence-electron chi connectivity index (χ1n) is 20.5. The van der Waals surface area contributed by atoms with Crippen LogP contribution in [0.5, 0.6) is 23.0 Å². The number of fused-ring (bicyclic) bond motifs is 4. The van der Waals surface area contributed by atoms with E-state index in [1.807, 2.05) is 0 Å². The summed E-state index contributed by atoms with van der Waals surface area (Å²) in [5.41, 5.74) is 12.0. The van der Waals surface area contributed by atoms with Crippen molar-refractivity contribution in [3.05, 3.63) is 157 Å². The van der Waals surface area contributed by atoms with Gasteiger partial charge in [-0.15, -0.1) is 0 Å². The van der Waals surface area contributed by atoms with Crippen LogP contribution in [0.4, 0.5) is 0 Å². The molecule has 10 aromatic rings. The maximum Gasteiger partial charge on any atom is 0.135 e. The number of hydrogen-bond donors (Lipinski definition) is 0. The summed E-state index contributed by atoms with van der Waals surface area (Å²) in [5.74, 6) is 3.63. The van der Waals surface area contributed by atoms with E-state index in [0.717, 1.165) is 45.3 Å². The van der Waals surface area contributed by atoms with Crippen molar-refractivity contribution in [1.29, 1.82) is 0 Å². The quantitative estimate of drug-likeness (QED) is 0.164. The van der Waals surface area contributed by atoms with Crippen molar-refractivity contribution in [3.63, 3.8) is 0 Å². The van der Waals surface area contributed by atoms with Crippen LogP contribution in [0.15, 0.2) is 146 Å². The second kappa shape index (κ2) is 11.5. The normalized spacial score (nSPS) is 13.3. The minimum absolute atomic E-state index is 0.0962. The van der Waals surface area contributed by atoms with Gasteiger partial charge in [0, 0.05) is 21.9 Å². The molecule has 0 amide bonds. The molecule has 0 atom stereocenters. The maximum atomic E-state index is 6.72. The predicted octanol–water partition coefficient (Wildman–Crippen LogP) is 16.4. The molecule has 2 aliphatic rings. The minimum Gasteiger partial charge on any atom is -0.456 e. The Balaban J connectivity index is 1.12. The molecule has 0 spiro atoms. The van der Waals surface area contributed by atoms with Crippen molar-refractivity contribution in [2.45, 2.75) is 52.4 Å². The van der Waals surface area contributed by atoms with E-state index < -0.39 is 0 Å². The average molecular weight is 747 g/mol. The number of rotatable bonds is 2. The second-order valence-corrected chi connectivity index (χ2v) is 18.5. The molecule has 278 valence electrons. The Hall–Kier alpha value is -6.64. The summed E-state index contributed by atoms with van der Waals surface area (Å²) in [6.07, 6.45) is 0. The Kier molecular flexibility index (Phi) is 6.63. The molecule has 0 saturated carbocycles. The van der Waals surface area contributed by atoms with Gasteiger partial charge < -0.3 is 9.47 Å². The van der Waals surface area contributed by atoms with Crippen LogP contribution in [0.1, 0.15) is 52.7 Å². The molecule has 12 rings (SSSR count). The Morgan fingerprint density at radius 3 is 1.12 bits per heavy atom. The largest absolute Gasteiger partial charge is 0.456 e. The molecular weight excluding hydrogens is 705 g/mol. The molecule has 0 saturated heterocycles. The Morgan fingerprint density at radius 2 is 0.707 bits per heavy atom. The highest BCUT2D eigenvalue weighted by atomic mass is 16.5. The van der Waals surface area contributed by atoms with Crippen LogP contribution in [-0.2, 0) is 10.8 Å². The van der Waals surface area contributed by atoms with Gasteiger partial charge in [0.05, 0.1) is 0 Å². The van der Waals surface area contributed by atoms with Gasteiger partial charge in [-0.25, -0.2) is 0 Å². The van der Waals surface area contributed by atoms with Crippen LogP contribution in [0, 0.1) is 0 Å². The zero-order valence-corrected chi connectivity index (χ0v) is 33.7. The summed E-state index contributed by atoms with van der Waals surface area (Å²) in [7, 11) is 0. The van der Waals surface area contributed by atoms with Gasteiger partial charge in [0.1, 0.15) is 23.0 Å². The third-order valence-corrected chi connectivity index (χ3v) is 12.9. The van der Waals surface area contributed by atoms with Crippen molar-refractivity contribution in [1.82, 2.24) is 0 Å². The average Bonchev–Trinajstić information content (AvgIpc) is 3.21. The van der Waals surface area contributed by atoms with E-state index in [-0.39, 0.29) is 10.8 Å². The first-order valence-corrected chi connectivity index (χ1v) is 20.5. The van der Waals surface area contributed by atoms with Crippen LogP contribution in [0.25, 0.3) is 98.4 Å². The Bertz CT molecular complexity index is 3170. The SMILES string of the molecule is CC(C)(C)c1cc(-c2ccc3c(c2)Oc2cccc4cccc-3c24)c2ccc3c(C(C)(C)C)cc(-c4ccc5c(c4)Oc4cccc6cccc-5c46)c4ccc1c2c43. The maximum absolute atomic E-state index is 6.72. The third-order valence-electron chi connectivity index (χ3n) is 12.9. The van der Waals surface area contributed by atoms with Gasteiger partial charge in [-0.3, -0.25) is 0 Å². The monoisotopic (exact) mass is 746 g/mol. The summed E-state index contributed by atoms with van der Waals surface area (Å²) in [6.45, 7) is 14.0. The van der Waals surface area contributed by atoms with Crippen molar-refractivity contribution in [2.24, 2.45) is 0 Å². The first kappa shape index (κ1) is 33.5. The van der Waals surface area contributed by atoms with Crippen LogP contribution in [-0.4, -0.2) is 0 Å². The molecule has 2 aliphatic heterocycles. The van der Waals surface area contributed by atoms with Gasteiger partial charge in [0.2, 0.25) is 0 Å². The standard InChI is InChI=1S/C56H42O2/c1-55(2,3)45-29-43(33-19-21-35-37-15-7-11-31-13-9-17-47(51(31)37)57-49(35)27-33)39-24-26-42-46(56(4,5)6)30-44(40-23-25-41(45)53(39)54(40)42)34-20-22-36-38-16-8-12-32-14-10-18-48(52(32)38)58-50(36)28-34/h7-30H,1-6H3. The van der Waals surface area contributed by atoms with Gasteiger partial charge in [0.15, 0.2) is 0 Å². The molecule has 0 unspecified atom stereocenters. The zero-order valence-electron chi connectivity index (χ0n) is 33.7. The molecule has 2 heterocycles.